The smallest absolute Gasteiger partial charge is 0.245 e. The first-order valence-electron chi connectivity index (χ1n) is 4.51. The first-order valence-corrected chi connectivity index (χ1v) is 8.20. The molecule has 1 rings (SSSR count). The molecule has 0 aliphatic carbocycles. The van der Waals surface area contributed by atoms with Crippen molar-refractivity contribution in [3.63, 3.8) is 0 Å². The van der Waals surface area contributed by atoms with Crippen LogP contribution in [0.1, 0.15) is 0 Å². The summed E-state index contributed by atoms with van der Waals surface area (Å²) in [5.41, 5.74) is 0.0225. The molecule has 0 aliphatic rings. The molecule has 6 nitrogen and oxygen atoms in total. The summed E-state index contributed by atoms with van der Waals surface area (Å²) < 4.78 is 51.2. The fourth-order valence-corrected chi connectivity index (χ4v) is 4.31. The zero-order chi connectivity index (χ0) is 13.3. The van der Waals surface area contributed by atoms with Crippen LogP contribution in [0, 0.1) is 0 Å². The number of hydrogen-bond acceptors (Lipinski definition) is 5. The molecule has 0 N–H and O–H groups in total. The summed E-state index contributed by atoms with van der Waals surface area (Å²) in [5, 5.41) is 0. The van der Waals surface area contributed by atoms with E-state index >= 15 is 0 Å². The molecular formula is C9H13NO5S2. The van der Waals surface area contributed by atoms with Crippen molar-refractivity contribution in [2.24, 2.45) is 0 Å². The van der Waals surface area contributed by atoms with E-state index in [1.807, 2.05) is 0 Å². The van der Waals surface area contributed by atoms with E-state index in [1.54, 1.807) is 6.07 Å². The standard InChI is InChI=1S/C9H13NO5S2/c1-15-9-6-4-5-8(7-9)10(16(2,11)12)17(3,13)14/h4-7H,1-3H3. The number of benzene rings is 1. The van der Waals surface area contributed by atoms with Crippen LogP contribution in [0.3, 0.4) is 0 Å². The van der Waals surface area contributed by atoms with Crippen molar-refractivity contribution in [3.05, 3.63) is 24.3 Å². The second-order valence-corrected chi connectivity index (χ2v) is 7.32. The Morgan fingerprint density at radius 1 is 1.06 bits per heavy atom. The summed E-state index contributed by atoms with van der Waals surface area (Å²) in [6.45, 7) is 0. The topological polar surface area (TPSA) is 80.8 Å². The van der Waals surface area contributed by atoms with Crippen LogP contribution in [0.5, 0.6) is 5.75 Å². The summed E-state index contributed by atoms with van der Waals surface area (Å²) in [7, 11) is -6.41. The highest BCUT2D eigenvalue weighted by Crippen LogP contribution is 2.25. The minimum atomic E-state index is -3.91. The summed E-state index contributed by atoms with van der Waals surface area (Å²) in [6.07, 6.45) is 1.65. The lowest BCUT2D eigenvalue weighted by atomic mass is 10.3. The van der Waals surface area contributed by atoms with Crippen molar-refractivity contribution in [2.75, 3.05) is 23.3 Å². The third-order valence-electron chi connectivity index (χ3n) is 1.87. The molecule has 0 saturated carbocycles. The Balaban J connectivity index is 3.44. The van der Waals surface area contributed by atoms with E-state index < -0.39 is 20.0 Å². The monoisotopic (exact) mass is 279 g/mol. The SMILES string of the molecule is COc1cccc(N(S(C)(=O)=O)S(C)(=O)=O)c1. The van der Waals surface area contributed by atoms with Crippen LogP contribution in [0.2, 0.25) is 0 Å². The molecule has 8 heteroatoms. The largest absolute Gasteiger partial charge is 0.497 e. The highest BCUT2D eigenvalue weighted by molar-refractivity contribution is 8.09. The molecule has 0 aliphatic heterocycles. The van der Waals surface area contributed by atoms with Gasteiger partial charge < -0.3 is 4.74 Å². The van der Waals surface area contributed by atoms with Crippen LogP contribution >= 0.6 is 0 Å². The summed E-state index contributed by atoms with van der Waals surface area (Å²) in [6, 6.07) is 5.82. The zero-order valence-corrected chi connectivity index (χ0v) is 11.2. The lowest BCUT2D eigenvalue weighted by Gasteiger charge is -2.19. The Hall–Kier alpha value is -1.28. The van der Waals surface area contributed by atoms with Crippen LogP contribution < -0.4 is 8.45 Å². The normalized spacial score (nSPS) is 12.2. The molecule has 0 spiro atoms. The Kier molecular flexibility index (Phi) is 3.68. The molecule has 0 radical (unpaired) electrons. The Labute approximate surface area is 101 Å². The van der Waals surface area contributed by atoms with Crippen LogP contribution in [-0.2, 0) is 20.0 Å². The number of anilines is 1. The van der Waals surface area contributed by atoms with E-state index in [-0.39, 0.29) is 5.69 Å². The van der Waals surface area contributed by atoms with Crippen molar-refractivity contribution in [1.29, 1.82) is 0 Å². The quantitative estimate of drug-likeness (QED) is 0.798. The van der Waals surface area contributed by atoms with Gasteiger partial charge in [-0.1, -0.05) is 6.07 Å². The Morgan fingerprint density at radius 3 is 2.00 bits per heavy atom. The minimum Gasteiger partial charge on any atom is -0.497 e. The van der Waals surface area contributed by atoms with Crippen LogP contribution in [0.15, 0.2) is 24.3 Å². The molecule has 0 heterocycles. The van der Waals surface area contributed by atoms with Gasteiger partial charge in [0.05, 0.1) is 25.3 Å². The van der Waals surface area contributed by atoms with Gasteiger partial charge in [0.1, 0.15) is 5.75 Å². The maximum absolute atomic E-state index is 11.5. The molecule has 0 atom stereocenters. The molecular weight excluding hydrogens is 266 g/mol. The molecule has 0 amide bonds. The number of rotatable bonds is 4. The van der Waals surface area contributed by atoms with Gasteiger partial charge in [0.15, 0.2) is 0 Å². The molecule has 0 fully saturated rings. The van der Waals surface area contributed by atoms with E-state index in [0.717, 1.165) is 12.5 Å². The molecule has 1 aromatic carbocycles. The van der Waals surface area contributed by atoms with Gasteiger partial charge in [-0.3, -0.25) is 0 Å². The molecule has 1 aromatic rings. The maximum atomic E-state index is 11.5. The predicted octanol–water partition coefficient (Wildman–Crippen LogP) is 0.421. The number of sulfonamides is 2. The lowest BCUT2D eigenvalue weighted by molar-refractivity contribution is 0.415. The second-order valence-electron chi connectivity index (χ2n) is 3.42. The number of nitrogens with zero attached hydrogens (tertiary/aromatic N) is 1. The van der Waals surface area contributed by atoms with Gasteiger partial charge in [-0.25, -0.2) is 16.8 Å². The maximum Gasteiger partial charge on any atom is 0.245 e. The van der Waals surface area contributed by atoms with E-state index in [4.69, 9.17) is 4.74 Å². The van der Waals surface area contributed by atoms with Crippen molar-refractivity contribution in [3.8, 4) is 5.75 Å². The summed E-state index contributed by atoms with van der Waals surface area (Å²) >= 11 is 0. The molecule has 0 saturated heterocycles. The number of ether oxygens (including phenoxy) is 1. The number of hydrogen-bond donors (Lipinski definition) is 0. The Bertz CT molecular complexity index is 574. The van der Waals surface area contributed by atoms with Gasteiger partial charge in [-0.05, 0) is 12.1 Å². The van der Waals surface area contributed by atoms with Crippen molar-refractivity contribution in [2.45, 2.75) is 0 Å². The van der Waals surface area contributed by atoms with Crippen molar-refractivity contribution >= 4 is 25.7 Å². The van der Waals surface area contributed by atoms with Crippen LogP contribution in [-0.4, -0.2) is 36.5 Å². The molecule has 0 bridgehead atoms. The first kappa shape index (κ1) is 13.8. The highest BCUT2D eigenvalue weighted by atomic mass is 32.3. The molecule has 17 heavy (non-hydrogen) atoms. The second kappa shape index (κ2) is 4.53. The average Bonchev–Trinajstić information content (AvgIpc) is 2.13. The van der Waals surface area contributed by atoms with Crippen molar-refractivity contribution in [1.82, 2.24) is 0 Å². The van der Waals surface area contributed by atoms with Gasteiger partial charge in [0, 0.05) is 6.07 Å². The third kappa shape index (κ3) is 3.34. The van der Waals surface area contributed by atoms with E-state index in [2.05, 4.69) is 0 Å². The van der Waals surface area contributed by atoms with Crippen LogP contribution in [0.25, 0.3) is 0 Å². The predicted molar refractivity (Wildman–Crippen MR) is 65.2 cm³/mol. The lowest BCUT2D eigenvalue weighted by Crippen LogP contribution is -2.35. The van der Waals surface area contributed by atoms with Gasteiger partial charge in [-0.2, -0.15) is 3.71 Å². The van der Waals surface area contributed by atoms with Crippen LogP contribution in [0.4, 0.5) is 5.69 Å². The summed E-state index contributed by atoms with van der Waals surface area (Å²) in [4.78, 5) is 0. The van der Waals surface area contributed by atoms with Gasteiger partial charge in [-0.15, -0.1) is 0 Å². The average molecular weight is 279 g/mol. The highest BCUT2D eigenvalue weighted by Gasteiger charge is 2.27. The zero-order valence-electron chi connectivity index (χ0n) is 9.61. The molecule has 96 valence electrons. The number of methoxy groups -OCH3 is 1. The van der Waals surface area contributed by atoms with E-state index in [0.29, 0.717) is 9.46 Å². The molecule has 0 unspecified atom stereocenters. The minimum absolute atomic E-state index is 0.0225. The van der Waals surface area contributed by atoms with Gasteiger partial charge >= 0.3 is 0 Å². The first-order chi connectivity index (χ1) is 7.66. The fraction of sp³-hybridized carbons (Fsp3) is 0.333. The summed E-state index contributed by atoms with van der Waals surface area (Å²) in [5.74, 6) is 0.375. The Morgan fingerprint density at radius 2 is 1.59 bits per heavy atom. The van der Waals surface area contributed by atoms with Gasteiger partial charge in [0.2, 0.25) is 20.0 Å². The van der Waals surface area contributed by atoms with Crippen molar-refractivity contribution < 1.29 is 21.6 Å². The van der Waals surface area contributed by atoms with E-state index in [9.17, 15) is 16.8 Å². The van der Waals surface area contributed by atoms with Gasteiger partial charge in [0.25, 0.3) is 0 Å². The fourth-order valence-electron chi connectivity index (χ4n) is 1.35. The molecule has 0 aromatic heterocycles. The third-order valence-corrected chi connectivity index (χ3v) is 5.12. The van der Waals surface area contributed by atoms with E-state index in [1.165, 1.54) is 25.3 Å².